The molecule has 1 aromatic heterocycles. The van der Waals surface area contributed by atoms with E-state index in [1.165, 1.54) is 0 Å². The zero-order valence-electron chi connectivity index (χ0n) is 5.72. The lowest BCUT2D eigenvalue weighted by Crippen LogP contribution is -1.99. The van der Waals surface area contributed by atoms with Gasteiger partial charge in [0.1, 0.15) is 5.82 Å². The van der Waals surface area contributed by atoms with E-state index in [1.54, 1.807) is 14.0 Å². The summed E-state index contributed by atoms with van der Waals surface area (Å²) in [4.78, 5) is 11.5. The summed E-state index contributed by atoms with van der Waals surface area (Å²) < 4.78 is 0. The highest BCUT2D eigenvalue weighted by atomic mass is 35.5. The highest BCUT2D eigenvalue weighted by Gasteiger charge is 1.96. The molecular formula is C5H7ClN4. The van der Waals surface area contributed by atoms with Gasteiger partial charge in [-0.3, -0.25) is 0 Å². The van der Waals surface area contributed by atoms with E-state index in [-0.39, 0.29) is 5.28 Å². The van der Waals surface area contributed by atoms with Crippen molar-refractivity contribution in [2.45, 2.75) is 6.92 Å². The number of halogens is 1. The molecule has 0 fully saturated rings. The molecule has 0 aliphatic heterocycles. The molecule has 5 heteroatoms. The predicted octanol–water partition coefficient (Wildman–Crippen LogP) is 0.875. The Morgan fingerprint density at radius 2 is 2.00 bits per heavy atom. The molecule has 0 atom stereocenters. The summed E-state index contributed by atoms with van der Waals surface area (Å²) in [6, 6.07) is 0. The topological polar surface area (TPSA) is 50.7 Å². The summed E-state index contributed by atoms with van der Waals surface area (Å²) in [6.07, 6.45) is 0. The van der Waals surface area contributed by atoms with Gasteiger partial charge in [-0.15, -0.1) is 0 Å². The lowest BCUT2D eigenvalue weighted by molar-refractivity contribution is 0.977. The Morgan fingerprint density at radius 3 is 2.50 bits per heavy atom. The van der Waals surface area contributed by atoms with Crippen molar-refractivity contribution in [2.24, 2.45) is 0 Å². The Kier molecular flexibility index (Phi) is 2.01. The molecule has 0 amide bonds. The van der Waals surface area contributed by atoms with Gasteiger partial charge in [-0.25, -0.2) is 4.98 Å². The molecule has 1 heterocycles. The molecule has 0 unspecified atom stereocenters. The third-order valence-corrected chi connectivity index (χ3v) is 1.11. The van der Waals surface area contributed by atoms with Crippen LogP contribution in [0.25, 0.3) is 0 Å². The van der Waals surface area contributed by atoms with Crippen LogP contribution in [0.4, 0.5) is 5.95 Å². The van der Waals surface area contributed by atoms with E-state index in [4.69, 9.17) is 11.6 Å². The molecule has 0 bridgehead atoms. The minimum absolute atomic E-state index is 0.219. The highest BCUT2D eigenvalue weighted by Crippen LogP contribution is 2.03. The lowest BCUT2D eigenvalue weighted by atomic mass is 10.7. The summed E-state index contributed by atoms with van der Waals surface area (Å²) in [5.74, 6) is 1.11. The Morgan fingerprint density at radius 1 is 1.30 bits per heavy atom. The second-order valence-corrected chi connectivity index (χ2v) is 2.06. The van der Waals surface area contributed by atoms with Crippen LogP contribution in [-0.2, 0) is 0 Å². The molecule has 0 spiro atoms. The molecule has 1 rings (SSSR count). The largest absolute Gasteiger partial charge is 0.357 e. The summed E-state index contributed by atoms with van der Waals surface area (Å²) in [6.45, 7) is 1.76. The molecule has 0 aliphatic rings. The Labute approximate surface area is 63.7 Å². The van der Waals surface area contributed by atoms with Gasteiger partial charge in [0.2, 0.25) is 11.2 Å². The molecule has 10 heavy (non-hydrogen) atoms. The zero-order valence-corrected chi connectivity index (χ0v) is 6.48. The van der Waals surface area contributed by atoms with Crippen molar-refractivity contribution in [1.82, 2.24) is 15.0 Å². The van der Waals surface area contributed by atoms with Gasteiger partial charge in [0.15, 0.2) is 0 Å². The number of nitrogens with one attached hydrogen (secondary N) is 1. The van der Waals surface area contributed by atoms with Gasteiger partial charge in [0.25, 0.3) is 0 Å². The number of hydrogen-bond acceptors (Lipinski definition) is 4. The Bertz CT molecular complexity index is 217. The van der Waals surface area contributed by atoms with E-state index in [9.17, 15) is 0 Å². The third kappa shape index (κ3) is 1.54. The molecule has 54 valence electrons. The molecular weight excluding hydrogens is 152 g/mol. The number of nitrogens with zero attached hydrogens (tertiary/aromatic N) is 3. The molecule has 1 aromatic rings. The Hall–Kier alpha value is -0.900. The average Bonchev–Trinajstić information content (AvgIpc) is 1.85. The van der Waals surface area contributed by atoms with Crippen LogP contribution >= 0.6 is 11.6 Å². The smallest absolute Gasteiger partial charge is 0.227 e. The first-order valence-electron chi connectivity index (χ1n) is 2.78. The summed E-state index contributed by atoms with van der Waals surface area (Å²) >= 11 is 5.53. The van der Waals surface area contributed by atoms with Crippen molar-refractivity contribution in [3.63, 3.8) is 0 Å². The molecule has 0 saturated heterocycles. The van der Waals surface area contributed by atoms with Gasteiger partial charge >= 0.3 is 0 Å². The van der Waals surface area contributed by atoms with Crippen molar-refractivity contribution >= 4 is 17.5 Å². The van der Waals surface area contributed by atoms with Crippen molar-refractivity contribution in [1.29, 1.82) is 0 Å². The van der Waals surface area contributed by atoms with Gasteiger partial charge in [0.05, 0.1) is 0 Å². The van der Waals surface area contributed by atoms with Crippen LogP contribution in [0, 0.1) is 6.92 Å². The van der Waals surface area contributed by atoms with Gasteiger partial charge in [-0.05, 0) is 18.5 Å². The van der Waals surface area contributed by atoms with Crippen LogP contribution in [0.2, 0.25) is 5.28 Å². The standard InChI is InChI=1S/C5H7ClN4/c1-3-8-4(6)10-5(7-2)9-3/h1-2H3,(H,7,8,9,10). The van der Waals surface area contributed by atoms with Gasteiger partial charge in [0, 0.05) is 7.05 Å². The highest BCUT2D eigenvalue weighted by molar-refractivity contribution is 6.28. The number of rotatable bonds is 1. The maximum Gasteiger partial charge on any atom is 0.227 e. The van der Waals surface area contributed by atoms with E-state index in [0.717, 1.165) is 0 Å². The summed E-state index contributed by atoms with van der Waals surface area (Å²) in [5.41, 5.74) is 0. The number of hydrogen-bond donors (Lipinski definition) is 1. The molecule has 0 aromatic carbocycles. The molecule has 0 radical (unpaired) electrons. The molecule has 4 nitrogen and oxygen atoms in total. The van der Waals surface area contributed by atoms with Gasteiger partial charge in [-0.2, -0.15) is 9.97 Å². The maximum absolute atomic E-state index is 5.53. The van der Waals surface area contributed by atoms with Gasteiger partial charge < -0.3 is 5.32 Å². The number of aromatic nitrogens is 3. The Balaban J connectivity index is 3.06. The monoisotopic (exact) mass is 158 g/mol. The average molecular weight is 159 g/mol. The van der Waals surface area contributed by atoms with Crippen LogP contribution in [0.5, 0.6) is 0 Å². The second-order valence-electron chi connectivity index (χ2n) is 1.73. The van der Waals surface area contributed by atoms with Crippen molar-refractivity contribution in [2.75, 3.05) is 12.4 Å². The van der Waals surface area contributed by atoms with E-state index < -0.39 is 0 Å². The van der Waals surface area contributed by atoms with E-state index in [1.807, 2.05) is 0 Å². The van der Waals surface area contributed by atoms with Crippen LogP contribution in [-0.4, -0.2) is 22.0 Å². The minimum Gasteiger partial charge on any atom is -0.357 e. The summed E-state index contributed by atoms with van der Waals surface area (Å²) in [7, 11) is 1.73. The lowest BCUT2D eigenvalue weighted by Gasteiger charge is -1.97. The van der Waals surface area contributed by atoms with Crippen LogP contribution in [0.3, 0.4) is 0 Å². The molecule has 1 N–H and O–H groups in total. The molecule has 0 saturated carbocycles. The minimum atomic E-state index is 0.219. The summed E-state index contributed by atoms with van der Waals surface area (Å²) in [5, 5.41) is 2.98. The SMILES string of the molecule is CNc1nc(C)nc(Cl)n1. The van der Waals surface area contributed by atoms with Crippen LogP contribution in [0.15, 0.2) is 0 Å². The van der Waals surface area contributed by atoms with Crippen molar-refractivity contribution < 1.29 is 0 Å². The van der Waals surface area contributed by atoms with Gasteiger partial charge in [-0.1, -0.05) is 0 Å². The fourth-order valence-electron chi connectivity index (χ4n) is 0.561. The van der Waals surface area contributed by atoms with E-state index in [0.29, 0.717) is 11.8 Å². The van der Waals surface area contributed by atoms with E-state index >= 15 is 0 Å². The third-order valence-electron chi connectivity index (χ3n) is 0.944. The van der Waals surface area contributed by atoms with E-state index in [2.05, 4.69) is 20.3 Å². The van der Waals surface area contributed by atoms with Crippen molar-refractivity contribution in [3.8, 4) is 0 Å². The fourth-order valence-corrected chi connectivity index (χ4v) is 0.763. The van der Waals surface area contributed by atoms with Crippen LogP contribution < -0.4 is 5.32 Å². The maximum atomic E-state index is 5.53. The first kappa shape index (κ1) is 7.21. The quantitative estimate of drug-likeness (QED) is 0.659. The first-order chi connectivity index (χ1) is 4.72. The predicted molar refractivity (Wildman–Crippen MR) is 39.1 cm³/mol. The number of aryl methyl sites for hydroxylation is 1. The molecule has 0 aliphatic carbocycles. The van der Waals surface area contributed by atoms with Crippen LogP contribution in [0.1, 0.15) is 5.82 Å². The first-order valence-corrected chi connectivity index (χ1v) is 3.16. The normalized spacial score (nSPS) is 9.50. The van der Waals surface area contributed by atoms with Crippen molar-refractivity contribution in [3.05, 3.63) is 11.1 Å². The fraction of sp³-hybridized carbons (Fsp3) is 0.400. The zero-order chi connectivity index (χ0) is 7.56. The number of anilines is 1. The second kappa shape index (κ2) is 2.79.